The van der Waals surface area contributed by atoms with E-state index >= 15 is 0 Å². The Kier molecular flexibility index (Phi) is 4.05. The Hall–Kier alpha value is -0.900. The molecular weight excluding hydrogens is 342 g/mol. The van der Waals surface area contributed by atoms with Crippen molar-refractivity contribution in [1.29, 1.82) is 0 Å². The number of carbonyl (C=O) groups is 1. The molecule has 0 bridgehead atoms. The molecule has 0 unspecified atom stereocenters. The highest BCUT2D eigenvalue weighted by Gasteiger charge is 2.16. The molecule has 18 heavy (non-hydrogen) atoms. The van der Waals surface area contributed by atoms with Gasteiger partial charge >= 0.3 is 0 Å². The van der Waals surface area contributed by atoms with Crippen LogP contribution in [0.2, 0.25) is 10.0 Å². The summed E-state index contributed by atoms with van der Waals surface area (Å²) in [6.45, 7) is 0. The van der Waals surface area contributed by atoms with Crippen LogP contribution in [0.5, 0.6) is 0 Å². The van der Waals surface area contributed by atoms with Crippen molar-refractivity contribution in [3.8, 4) is 0 Å². The van der Waals surface area contributed by atoms with Crippen molar-refractivity contribution in [2.45, 2.75) is 0 Å². The molecule has 0 radical (unpaired) electrons. The third-order valence-electron chi connectivity index (χ3n) is 2.35. The molecule has 0 aliphatic carbocycles. The summed E-state index contributed by atoms with van der Waals surface area (Å²) in [5, 5.41) is 0.679. The molecule has 92 valence electrons. The van der Waals surface area contributed by atoms with Gasteiger partial charge in [-0.2, -0.15) is 0 Å². The molecule has 2 aromatic rings. The molecule has 0 amide bonds. The minimum absolute atomic E-state index is 0.222. The van der Waals surface area contributed by atoms with Crippen LogP contribution in [-0.2, 0) is 0 Å². The van der Waals surface area contributed by atoms with E-state index in [9.17, 15) is 9.18 Å². The molecule has 5 heteroatoms. The van der Waals surface area contributed by atoms with E-state index in [1.807, 2.05) is 0 Å². The summed E-state index contributed by atoms with van der Waals surface area (Å²) < 4.78 is 13.7. The van der Waals surface area contributed by atoms with Crippen LogP contribution in [-0.4, -0.2) is 5.78 Å². The normalized spacial score (nSPS) is 10.4. The SMILES string of the molecule is O=C(c1ccc(Cl)cc1Cl)c1cc(F)ccc1Br. The first-order chi connectivity index (χ1) is 8.49. The minimum Gasteiger partial charge on any atom is -0.289 e. The number of carbonyl (C=O) groups excluding carboxylic acids is 1. The van der Waals surface area contributed by atoms with Crippen molar-refractivity contribution >= 4 is 44.9 Å². The Morgan fingerprint density at radius 3 is 2.44 bits per heavy atom. The number of hydrogen-bond donors (Lipinski definition) is 0. The largest absolute Gasteiger partial charge is 0.289 e. The molecule has 2 aromatic carbocycles. The fourth-order valence-electron chi connectivity index (χ4n) is 1.49. The molecule has 0 N–H and O–H groups in total. The predicted octanol–water partition coefficient (Wildman–Crippen LogP) is 5.13. The lowest BCUT2D eigenvalue weighted by Gasteiger charge is -2.06. The van der Waals surface area contributed by atoms with Crippen LogP contribution in [0.1, 0.15) is 15.9 Å². The zero-order chi connectivity index (χ0) is 13.3. The van der Waals surface area contributed by atoms with Crippen molar-refractivity contribution in [2.24, 2.45) is 0 Å². The number of benzene rings is 2. The van der Waals surface area contributed by atoms with Gasteiger partial charge in [-0.1, -0.05) is 39.1 Å². The van der Waals surface area contributed by atoms with Gasteiger partial charge in [-0.15, -0.1) is 0 Å². The van der Waals surface area contributed by atoms with E-state index in [1.54, 1.807) is 6.07 Å². The first kappa shape index (κ1) is 13.5. The summed E-state index contributed by atoms with van der Waals surface area (Å²) in [7, 11) is 0. The van der Waals surface area contributed by atoms with Gasteiger partial charge in [0.05, 0.1) is 5.02 Å². The molecule has 0 aliphatic rings. The van der Waals surface area contributed by atoms with Crippen LogP contribution >= 0.6 is 39.1 Å². The van der Waals surface area contributed by atoms with E-state index in [1.165, 1.54) is 24.3 Å². The van der Waals surface area contributed by atoms with E-state index in [-0.39, 0.29) is 21.9 Å². The van der Waals surface area contributed by atoms with Crippen molar-refractivity contribution in [3.63, 3.8) is 0 Å². The van der Waals surface area contributed by atoms with E-state index in [0.717, 1.165) is 6.07 Å². The molecule has 0 aliphatic heterocycles. The van der Waals surface area contributed by atoms with Crippen LogP contribution in [0.15, 0.2) is 40.9 Å². The highest BCUT2D eigenvalue weighted by Crippen LogP contribution is 2.26. The van der Waals surface area contributed by atoms with Gasteiger partial charge in [0.2, 0.25) is 0 Å². The van der Waals surface area contributed by atoms with Crippen LogP contribution in [0.25, 0.3) is 0 Å². The molecule has 0 fully saturated rings. The standard InChI is InChI=1S/C13H6BrCl2FO/c14-11-4-2-8(17)6-10(11)13(18)9-3-1-7(15)5-12(9)16/h1-6H. The van der Waals surface area contributed by atoms with Crippen LogP contribution < -0.4 is 0 Å². The van der Waals surface area contributed by atoms with Gasteiger partial charge in [-0.05, 0) is 36.4 Å². The second-order valence-corrected chi connectivity index (χ2v) is 5.28. The first-order valence-corrected chi connectivity index (χ1v) is 6.49. The van der Waals surface area contributed by atoms with Crippen LogP contribution in [0, 0.1) is 5.82 Å². The highest BCUT2D eigenvalue weighted by molar-refractivity contribution is 9.10. The minimum atomic E-state index is -0.480. The summed E-state index contributed by atoms with van der Waals surface area (Å²) in [6, 6.07) is 8.47. The number of ketones is 1. The maximum Gasteiger partial charge on any atom is 0.195 e. The van der Waals surface area contributed by atoms with Gasteiger partial charge in [-0.3, -0.25) is 4.79 Å². The third-order valence-corrected chi connectivity index (χ3v) is 3.59. The molecule has 0 saturated carbocycles. The Bertz CT molecular complexity index is 628. The molecule has 0 saturated heterocycles. The molecule has 2 rings (SSSR count). The smallest absolute Gasteiger partial charge is 0.195 e. The third kappa shape index (κ3) is 2.74. The zero-order valence-corrected chi connectivity index (χ0v) is 12.0. The first-order valence-electron chi connectivity index (χ1n) is 4.94. The van der Waals surface area contributed by atoms with Gasteiger partial charge in [0.25, 0.3) is 0 Å². The lowest BCUT2D eigenvalue weighted by Crippen LogP contribution is -2.03. The molecule has 0 aromatic heterocycles. The summed E-state index contributed by atoms with van der Waals surface area (Å²) in [6.07, 6.45) is 0. The fraction of sp³-hybridized carbons (Fsp3) is 0. The number of hydrogen-bond acceptors (Lipinski definition) is 1. The predicted molar refractivity (Wildman–Crippen MR) is 74.0 cm³/mol. The zero-order valence-electron chi connectivity index (χ0n) is 8.88. The Balaban J connectivity index is 2.51. The quantitative estimate of drug-likeness (QED) is 0.688. The van der Waals surface area contributed by atoms with E-state index in [4.69, 9.17) is 23.2 Å². The van der Waals surface area contributed by atoms with Gasteiger partial charge < -0.3 is 0 Å². The van der Waals surface area contributed by atoms with Crippen LogP contribution in [0.4, 0.5) is 4.39 Å². The van der Waals surface area contributed by atoms with Gasteiger partial charge in [-0.25, -0.2) is 4.39 Å². The molecule has 0 heterocycles. The van der Waals surface area contributed by atoms with Crippen molar-refractivity contribution in [1.82, 2.24) is 0 Å². The molecule has 0 spiro atoms. The number of rotatable bonds is 2. The maximum absolute atomic E-state index is 13.2. The lowest BCUT2D eigenvalue weighted by atomic mass is 10.0. The average Bonchev–Trinajstić information content (AvgIpc) is 2.31. The van der Waals surface area contributed by atoms with Crippen molar-refractivity contribution in [3.05, 3.63) is 67.9 Å². The topological polar surface area (TPSA) is 17.1 Å². The lowest BCUT2D eigenvalue weighted by molar-refractivity contribution is 0.103. The average molecular weight is 348 g/mol. The highest BCUT2D eigenvalue weighted by atomic mass is 79.9. The van der Waals surface area contributed by atoms with Gasteiger partial charge in [0, 0.05) is 20.6 Å². The molecular formula is C13H6BrCl2FO. The summed E-state index contributed by atoms with van der Waals surface area (Å²) in [4.78, 5) is 12.2. The molecule has 1 nitrogen and oxygen atoms in total. The Morgan fingerprint density at radius 1 is 1.06 bits per heavy atom. The monoisotopic (exact) mass is 346 g/mol. The number of halogens is 4. The Labute approximate surface area is 122 Å². The maximum atomic E-state index is 13.2. The van der Waals surface area contributed by atoms with E-state index in [0.29, 0.717) is 9.50 Å². The van der Waals surface area contributed by atoms with Gasteiger partial charge in [0.1, 0.15) is 5.82 Å². The molecule has 0 atom stereocenters. The summed E-state index contributed by atoms with van der Waals surface area (Å²) >= 11 is 14.9. The summed E-state index contributed by atoms with van der Waals surface area (Å²) in [5.41, 5.74) is 0.506. The van der Waals surface area contributed by atoms with Crippen molar-refractivity contribution in [2.75, 3.05) is 0 Å². The Morgan fingerprint density at radius 2 is 1.78 bits per heavy atom. The second-order valence-electron chi connectivity index (χ2n) is 3.58. The second kappa shape index (κ2) is 5.39. The van der Waals surface area contributed by atoms with Crippen LogP contribution in [0.3, 0.4) is 0 Å². The van der Waals surface area contributed by atoms with E-state index < -0.39 is 5.82 Å². The fourth-order valence-corrected chi connectivity index (χ4v) is 2.41. The van der Waals surface area contributed by atoms with E-state index in [2.05, 4.69) is 15.9 Å². The summed E-state index contributed by atoms with van der Waals surface area (Å²) in [5.74, 6) is -0.838. The van der Waals surface area contributed by atoms with Crippen molar-refractivity contribution < 1.29 is 9.18 Å². The van der Waals surface area contributed by atoms with Gasteiger partial charge in [0.15, 0.2) is 5.78 Å².